The summed E-state index contributed by atoms with van der Waals surface area (Å²) < 4.78 is 0. The molecule has 1 heterocycles. The van der Waals surface area contributed by atoms with E-state index in [0.717, 1.165) is 19.6 Å². The molecule has 0 aromatic rings. The minimum absolute atomic E-state index is 0.311. The first-order chi connectivity index (χ1) is 5.56. The van der Waals surface area contributed by atoms with Crippen LogP contribution in [0.5, 0.6) is 0 Å². The van der Waals surface area contributed by atoms with Crippen molar-refractivity contribution in [3.05, 3.63) is 12.7 Å². The minimum Gasteiger partial charge on any atom is -0.326 e. The molecule has 0 saturated carbocycles. The van der Waals surface area contributed by atoms with Crippen LogP contribution in [0.15, 0.2) is 12.7 Å². The molecule has 0 bridgehead atoms. The lowest BCUT2D eigenvalue weighted by molar-refractivity contribution is 0.115. The van der Waals surface area contributed by atoms with Gasteiger partial charge < -0.3 is 5.73 Å². The number of hydrogen-bond donors (Lipinski definition) is 1. The molecular weight excluding hydrogens is 148 g/mol. The number of rotatable bonds is 2. The van der Waals surface area contributed by atoms with Crippen LogP contribution in [0, 0.1) is 5.41 Å². The van der Waals surface area contributed by atoms with Gasteiger partial charge in [0, 0.05) is 19.1 Å². The number of piperidine rings is 1. The zero-order valence-electron chi connectivity index (χ0n) is 8.21. The third-order valence-corrected chi connectivity index (χ3v) is 2.92. The molecule has 0 radical (unpaired) electrons. The molecule has 1 unspecified atom stereocenters. The summed E-state index contributed by atoms with van der Waals surface area (Å²) in [7, 11) is 0. The summed E-state index contributed by atoms with van der Waals surface area (Å²) in [6.07, 6.45) is 3.15. The van der Waals surface area contributed by atoms with Gasteiger partial charge in [-0.15, -0.1) is 6.58 Å². The Hall–Kier alpha value is -0.340. The van der Waals surface area contributed by atoms with E-state index in [9.17, 15) is 0 Å². The molecule has 1 fully saturated rings. The number of hydrogen-bond acceptors (Lipinski definition) is 2. The van der Waals surface area contributed by atoms with E-state index in [4.69, 9.17) is 5.73 Å². The highest BCUT2D eigenvalue weighted by atomic mass is 15.1. The average Bonchev–Trinajstić information content (AvgIpc) is 1.98. The Morgan fingerprint density at radius 3 is 2.83 bits per heavy atom. The molecule has 0 aliphatic carbocycles. The zero-order chi connectivity index (χ0) is 9.19. The molecule has 12 heavy (non-hydrogen) atoms. The Balaban J connectivity index is 2.46. The Bertz CT molecular complexity index is 163. The Kier molecular flexibility index (Phi) is 2.91. The quantitative estimate of drug-likeness (QED) is 0.628. The zero-order valence-corrected chi connectivity index (χ0v) is 8.21. The van der Waals surface area contributed by atoms with Gasteiger partial charge in [0.25, 0.3) is 0 Å². The first-order valence-electron chi connectivity index (χ1n) is 4.65. The lowest BCUT2D eigenvalue weighted by Crippen LogP contribution is -2.52. The normalized spacial score (nSPS) is 30.1. The smallest absolute Gasteiger partial charge is 0.0220 e. The average molecular weight is 168 g/mol. The molecule has 0 aromatic heterocycles. The molecule has 1 aliphatic rings. The fraction of sp³-hybridized carbons (Fsp3) is 0.800. The molecule has 1 rings (SSSR count). The fourth-order valence-electron chi connectivity index (χ4n) is 1.60. The number of likely N-dealkylation sites (tertiary alicyclic amines) is 1. The maximum atomic E-state index is 6.06. The molecule has 0 amide bonds. The van der Waals surface area contributed by atoms with Crippen molar-refractivity contribution >= 4 is 0 Å². The maximum Gasteiger partial charge on any atom is 0.0220 e. The minimum atomic E-state index is 0.311. The van der Waals surface area contributed by atoms with E-state index in [0.29, 0.717) is 11.5 Å². The van der Waals surface area contributed by atoms with Crippen LogP contribution in [0.4, 0.5) is 0 Å². The van der Waals surface area contributed by atoms with E-state index in [1.807, 2.05) is 6.08 Å². The van der Waals surface area contributed by atoms with Crippen LogP contribution in [0.3, 0.4) is 0 Å². The van der Waals surface area contributed by atoms with E-state index >= 15 is 0 Å². The third kappa shape index (κ3) is 2.08. The van der Waals surface area contributed by atoms with E-state index in [1.54, 1.807) is 0 Å². The molecule has 2 N–H and O–H groups in total. The SMILES string of the molecule is C=CCN1CCC(C)(C)C(N)C1. The van der Waals surface area contributed by atoms with Gasteiger partial charge in [-0.25, -0.2) is 0 Å². The van der Waals surface area contributed by atoms with Gasteiger partial charge in [-0.05, 0) is 18.4 Å². The summed E-state index contributed by atoms with van der Waals surface area (Å²) in [5.74, 6) is 0. The molecule has 70 valence electrons. The first-order valence-corrected chi connectivity index (χ1v) is 4.65. The van der Waals surface area contributed by atoms with Gasteiger partial charge >= 0.3 is 0 Å². The van der Waals surface area contributed by atoms with Gasteiger partial charge in [0.1, 0.15) is 0 Å². The van der Waals surface area contributed by atoms with Crippen LogP contribution < -0.4 is 5.73 Å². The second-order valence-electron chi connectivity index (χ2n) is 4.39. The first kappa shape index (κ1) is 9.75. The second kappa shape index (κ2) is 3.58. The predicted molar refractivity (Wildman–Crippen MR) is 53.0 cm³/mol. The summed E-state index contributed by atoms with van der Waals surface area (Å²) in [6, 6.07) is 0.311. The molecule has 1 saturated heterocycles. The molecule has 2 heteroatoms. The summed E-state index contributed by atoms with van der Waals surface area (Å²) >= 11 is 0. The van der Waals surface area contributed by atoms with Crippen LogP contribution in [0.25, 0.3) is 0 Å². The standard InChI is InChI=1S/C10H20N2/c1-4-6-12-7-5-10(2,3)9(11)8-12/h4,9H,1,5-8,11H2,2-3H3. The van der Waals surface area contributed by atoms with Gasteiger partial charge in [0.15, 0.2) is 0 Å². The highest BCUT2D eigenvalue weighted by Crippen LogP contribution is 2.28. The van der Waals surface area contributed by atoms with Crippen molar-refractivity contribution in [3.8, 4) is 0 Å². The molecule has 2 nitrogen and oxygen atoms in total. The van der Waals surface area contributed by atoms with E-state index < -0.39 is 0 Å². The van der Waals surface area contributed by atoms with Crippen molar-refractivity contribution in [3.63, 3.8) is 0 Å². The molecule has 1 aliphatic heterocycles. The summed E-state index contributed by atoms with van der Waals surface area (Å²) in [4.78, 5) is 2.36. The number of nitrogens with two attached hydrogens (primary N) is 1. The summed E-state index contributed by atoms with van der Waals surface area (Å²) in [5.41, 5.74) is 6.37. The van der Waals surface area contributed by atoms with Gasteiger partial charge in [0.05, 0.1) is 0 Å². The Morgan fingerprint density at radius 1 is 1.67 bits per heavy atom. The van der Waals surface area contributed by atoms with Crippen molar-refractivity contribution in [1.82, 2.24) is 4.90 Å². The van der Waals surface area contributed by atoms with Crippen molar-refractivity contribution in [2.24, 2.45) is 11.1 Å². The van der Waals surface area contributed by atoms with E-state index in [1.165, 1.54) is 6.42 Å². The van der Waals surface area contributed by atoms with E-state index in [-0.39, 0.29) is 0 Å². The van der Waals surface area contributed by atoms with Crippen molar-refractivity contribution in [1.29, 1.82) is 0 Å². The largest absolute Gasteiger partial charge is 0.326 e. The monoisotopic (exact) mass is 168 g/mol. The molecular formula is C10H20N2. The topological polar surface area (TPSA) is 29.3 Å². The molecule has 0 aromatic carbocycles. The number of nitrogens with zero attached hydrogens (tertiary/aromatic N) is 1. The van der Waals surface area contributed by atoms with Crippen LogP contribution in [0.1, 0.15) is 20.3 Å². The summed E-state index contributed by atoms with van der Waals surface area (Å²) in [5, 5.41) is 0. The Morgan fingerprint density at radius 2 is 2.33 bits per heavy atom. The molecule has 1 atom stereocenters. The van der Waals surface area contributed by atoms with Gasteiger partial charge in [-0.3, -0.25) is 4.90 Å². The molecule has 0 spiro atoms. The lowest BCUT2D eigenvalue weighted by atomic mass is 9.79. The van der Waals surface area contributed by atoms with Gasteiger partial charge in [-0.1, -0.05) is 19.9 Å². The third-order valence-electron chi connectivity index (χ3n) is 2.92. The maximum absolute atomic E-state index is 6.06. The second-order valence-corrected chi connectivity index (χ2v) is 4.39. The van der Waals surface area contributed by atoms with Crippen molar-refractivity contribution in [2.75, 3.05) is 19.6 Å². The van der Waals surface area contributed by atoms with Crippen LogP contribution >= 0.6 is 0 Å². The van der Waals surface area contributed by atoms with Crippen LogP contribution in [-0.2, 0) is 0 Å². The van der Waals surface area contributed by atoms with Gasteiger partial charge in [-0.2, -0.15) is 0 Å². The van der Waals surface area contributed by atoms with E-state index in [2.05, 4.69) is 25.3 Å². The van der Waals surface area contributed by atoms with Crippen molar-refractivity contribution < 1.29 is 0 Å². The van der Waals surface area contributed by atoms with Crippen LogP contribution in [-0.4, -0.2) is 30.6 Å². The highest BCUT2D eigenvalue weighted by Gasteiger charge is 2.32. The lowest BCUT2D eigenvalue weighted by Gasteiger charge is -2.41. The predicted octanol–water partition coefficient (Wildman–Crippen LogP) is 1.23. The highest BCUT2D eigenvalue weighted by molar-refractivity contribution is 4.91. The Labute approximate surface area is 75.4 Å². The van der Waals surface area contributed by atoms with Crippen molar-refractivity contribution in [2.45, 2.75) is 26.3 Å². The van der Waals surface area contributed by atoms with Crippen LogP contribution in [0.2, 0.25) is 0 Å². The fourth-order valence-corrected chi connectivity index (χ4v) is 1.60. The summed E-state index contributed by atoms with van der Waals surface area (Å²) in [6.45, 7) is 11.4. The van der Waals surface area contributed by atoms with Gasteiger partial charge in [0.2, 0.25) is 0 Å².